The number of ether oxygens (including phenoxy) is 1. The minimum absolute atomic E-state index is 0.0407. The maximum atomic E-state index is 8.70. The van der Waals surface area contributed by atoms with E-state index >= 15 is 0 Å². The number of benzene rings is 1. The van der Waals surface area contributed by atoms with Crippen molar-refractivity contribution in [3.63, 3.8) is 0 Å². The molecule has 0 atom stereocenters. The van der Waals surface area contributed by atoms with Gasteiger partial charge in [-0.3, -0.25) is 0 Å². The predicted molar refractivity (Wildman–Crippen MR) is 69.0 cm³/mol. The topological polar surface area (TPSA) is 67.8 Å². The van der Waals surface area contributed by atoms with Crippen molar-refractivity contribution in [1.29, 1.82) is 0 Å². The lowest BCUT2D eigenvalue weighted by Crippen LogP contribution is -2.15. The highest BCUT2D eigenvalue weighted by Gasteiger charge is 2.12. The first-order chi connectivity index (χ1) is 8.20. The third-order valence-electron chi connectivity index (χ3n) is 2.34. The summed E-state index contributed by atoms with van der Waals surface area (Å²) in [4.78, 5) is 0. The smallest absolute Gasteiger partial charge is 0.175 e. The van der Waals surface area contributed by atoms with Gasteiger partial charge in [-0.2, -0.15) is 0 Å². The number of hydrogen-bond acceptors (Lipinski definition) is 3. The molecule has 0 saturated carbocycles. The first-order valence-electron chi connectivity index (χ1n) is 5.60. The summed E-state index contributed by atoms with van der Waals surface area (Å²) in [5.74, 6) is 0.505. The van der Waals surface area contributed by atoms with Crippen LogP contribution in [0.15, 0.2) is 23.4 Å². The molecule has 0 fully saturated rings. The number of nitrogens with zero attached hydrogens (tertiary/aromatic N) is 1. The highest BCUT2D eigenvalue weighted by Crippen LogP contribution is 2.26. The fourth-order valence-corrected chi connectivity index (χ4v) is 1.72. The molecule has 4 nitrogen and oxygen atoms in total. The molecule has 5 heteroatoms. The van der Waals surface area contributed by atoms with Crippen LogP contribution in [-0.2, 0) is 0 Å². The molecule has 0 amide bonds. The van der Waals surface area contributed by atoms with Crippen molar-refractivity contribution < 1.29 is 9.94 Å². The number of unbranched alkanes of at least 4 members (excludes halogenated alkanes) is 2. The Labute approximate surface area is 106 Å². The van der Waals surface area contributed by atoms with E-state index < -0.39 is 0 Å². The SMILES string of the molecule is CCCCCOc1cccc(Cl)c1C(N)=NO. The molecule has 0 aromatic heterocycles. The molecule has 0 aliphatic heterocycles. The largest absolute Gasteiger partial charge is 0.493 e. The van der Waals surface area contributed by atoms with E-state index in [9.17, 15) is 0 Å². The molecule has 0 bridgehead atoms. The fourth-order valence-electron chi connectivity index (χ4n) is 1.46. The molecule has 3 N–H and O–H groups in total. The Balaban J connectivity index is 2.80. The molecule has 1 rings (SSSR count). The van der Waals surface area contributed by atoms with Crippen LogP contribution in [0.25, 0.3) is 0 Å². The van der Waals surface area contributed by atoms with Gasteiger partial charge in [0.15, 0.2) is 5.84 Å². The third-order valence-corrected chi connectivity index (χ3v) is 2.66. The van der Waals surface area contributed by atoms with E-state index in [2.05, 4.69) is 12.1 Å². The summed E-state index contributed by atoms with van der Waals surface area (Å²) < 4.78 is 5.59. The average molecular weight is 257 g/mol. The average Bonchev–Trinajstić information content (AvgIpc) is 2.34. The molecule has 0 unspecified atom stereocenters. The molecule has 0 radical (unpaired) electrons. The standard InChI is InChI=1S/C12H17ClN2O2/c1-2-3-4-8-17-10-7-5-6-9(13)11(10)12(14)15-16/h5-7,16H,2-4,8H2,1H3,(H2,14,15). The van der Waals surface area contributed by atoms with Gasteiger partial charge < -0.3 is 15.7 Å². The van der Waals surface area contributed by atoms with Crippen molar-refractivity contribution in [2.24, 2.45) is 10.9 Å². The summed E-state index contributed by atoms with van der Waals surface area (Å²) in [6.07, 6.45) is 3.21. The van der Waals surface area contributed by atoms with E-state index in [-0.39, 0.29) is 5.84 Å². The Morgan fingerprint density at radius 1 is 1.47 bits per heavy atom. The summed E-state index contributed by atoms with van der Waals surface area (Å²) in [6.45, 7) is 2.72. The first kappa shape index (κ1) is 13.6. The van der Waals surface area contributed by atoms with Crippen LogP contribution < -0.4 is 10.5 Å². The van der Waals surface area contributed by atoms with Gasteiger partial charge in [0.1, 0.15) is 5.75 Å². The van der Waals surface area contributed by atoms with E-state index in [0.29, 0.717) is 22.9 Å². The van der Waals surface area contributed by atoms with Crippen LogP contribution in [0.3, 0.4) is 0 Å². The molecule has 0 spiro atoms. The van der Waals surface area contributed by atoms with E-state index in [1.807, 2.05) is 0 Å². The second-order valence-electron chi connectivity index (χ2n) is 3.65. The molecule has 1 aromatic carbocycles. The highest BCUT2D eigenvalue weighted by atomic mass is 35.5. The summed E-state index contributed by atoms with van der Waals surface area (Å²) in [5.41, 5.74) is 6.00. The van der Waals surface area contributed by atoms with Crippen molar-refractivity contribution in [1.82, 2.24) is 0 Å². The number of nitrogens with two attached hydrogens (primary N) is 1. The number of halogens is 1. The van der Waals surface area contributed by atoms with E-state index in [1.54, 1.807) is 18.2 Å². The summed E-state index contributed by atoms with van der Waals surface area (Å²) in [6, 6.07) is 5.20. The van der Waals surface area contributed by atoms with Crippen molar-refractivity contribution in [2.45, 2.75) is 26.2 Å². The molecule has 0 aliphatic carbocycles. The summed E-state index contributed by atoms with van der Waals surface area (Å²) >= 11 is 5.99. The van der Waals surface area contributed by atoms with Gasteiger partial charge in [0.25, 0.3) is 0 Å². The Morgan fingerprint density at radius 3 is 2.88 bits per heavy atom. The van der Waals surface area contributed by atoms with Crippen LogP contribution in [0.5, 0.6) is 5.75 Å². The second-order valence-corrected chi connectivity index (χ2v) is 4.06. The molecule has 0 saturated heterocycles. The number of oxime groups is 1. The van der Waals surface area contributed by atoms with Gasteiger partial charge in [-0.25, -0.2) is 0 Å². The Bertz CT molecular complexity index is 394. The molecule has 17 heavy (non-hydrogen) atoms. The van der Waals surface area contributed by atoms with Gasteiger partial charge in [0.05, 0.1) is 17.2 Å². The number of rotatable bonds is 6. The molecule has 1 aromatic rings. The maximum Gasteiger partial charge on any atom is 0.175 e. The zero-order chi connectivity index (χ0) is 12.7. The van der Waals surface area contributed by atoms with E-state index in [1.165, 1.54) is 0 Å². The zero-order valence-corrected chi connectivity index (χ0v) is 10.6. The van der Waals surface area contributed by atoms with E-state index in [4.69, 9.17) is 27.3 Å². The normalized spacial score (nSPS) is 11.5. The van der Waals surface area contributed by atoms with E-state index in [0.717, 1.165) is 19.3 Å². The van der Waals surface area contributed by atoms with Crippen molar-refractivity contribution >= 4 is 17.4 Å². The molecular weight excluding hydrogens is 240 g/mol. The maximum absolute atomic E-state index is 8.70. The zero-order valence-electron chi connectivity index (χ0n) is 9.82. The van der Waals surface area contributed by atoms with Gasteiger partial charge in [-0.1, -0.05) is 42.6 Å². The van der Waals surface area contributed by atoms with Gasteiger partial charge >= 0.3 is 0 Å². The molecular formula is C12H17ClN2O2. The van der Waals surface area contributed by atoms with Crippen LogP contribution in [0.2, 0.25) is 5.02 Å². The second kappa shape index (κ2) is 7.01. The summed E-state index contributed by atoms with van der Waals surface area (Å²) in [5, 5.41) is 12.1. The monoisotopic (exact) mass is 256 g/mol. The van der Waals surface area contributed by atoms with Gasteiger partial charge in [0.2, 0.25) is 0 Å². The van der Waals surface area contributed by atoms with Crippen LogP contribution in [0.4, 0.5) is 0 Å². The predicted octanol–water partition coefficient (Wildman–Crippen LogP) is 3.00. The summed E-state index contributed by atoms with van der Waals surface area (Å²) in [7, 11) is 0. The minimum Gasteiger partial charge on any atom is -0.493 e. The fraction of sp³-hybridized carbons (Fsp3) is 0.417. The first-order valence-corrected chi connectivity index (χ1v) is 5.97. The van der Waals surface area contributed by atoms with Crippen LogP contribution in [0.1, 0.15) is 31.7 Å². The lowest BCUT2D eigenvalue weighted by molar-refractivity contribution is 0.303. The van der Waals surface area contributed by atoms with Crippen molar-refractivity contribution in [3.8, 4) is 5.75 Å². The molecule has 0 aliphatic rings. The quantitative estimate of drug-likeness (QED) is 0.270. The van der Waals surface area contributed by atoms with Gasteiger partial charge in [-0.05, 0) is 18.6 Å². The van der Waals surface area contributed by atoms with Crippen LogP contribution >= 0.6 is 11.6 Å². The third kappa shape index (κ3) is 3.82. The van der Waals surface area contributed by atoms with Crippen LogP contribution in [-0.4, -0.2) is 17.6 Å². The van der Waals surface area contributed by atoms with Crippen LogP contribution in [0, 0.1) is 0 Å². The minimum atomic E-state index is -0.0407. The Kier molecular flexibility index (Phi) is 5.63. The molecule has 0 heterocycles. The number of amidine groups is 1. The van der Waals surface area contributed by atoms with Gasteiger partial charge in [-0.15, -0.1) is 0 Å². The molecule has 94 valence electrons. The van der Waals surface area contributed by atoms with Gasteiger partial charge in [0, 0.05) is 0 Å². The number of hydrogen-bond donors (Lipinski definition) is 2. The lowest BCUT2D eigenvalue weighted by Gasteiger charge is -2.11. The Morgan fingerprint density at radius 2 is 2.24 bits per heavy atom. The highest BCUT2D eigenvalue weighted by molar-refractivity contribution is 6.34. The lowest BCUT2D eigenvalue weighted by atomic mass is 10.2. The van der Waals surface area contributed by atoms with Crippen molar-refractivity contribution in [3.05, 3.63) is 28.8 Å². The van der Waals surface area contributed by atoms with Crippen molar-refractivity contribution in [2.75, 3.05) is 6.61 Å². The Hall–Kier alpha value is -1.42.